The van der Waals surface area contributed by atoms with Crippen molar-refractivity contribution in [3.8, 4) is 0 Å². The Labute approximate surface area is 70.7 Å². The van der Waals surface area contributed by atoms with Gasteiger partial charge in [0.25, 0.3) is 0 Å². The molecule has 2 atom stereocenters. The van der Waals surface area contributed by atoms with E-state index in [0.29, 0.717) is 0 Å². The number of nitrogens with one attached hydrogen (secondary N) is 1. The molecule has 0 aliphatic carbocycles. The highest BCUT2D eigenvalue weighted by Crippen LogP contribution is 1.97. The molecule has 0 radical (unpaired) electrons. The number of hydrogen-bond acceptors (Lipinski definition) is 3. The molecule has 5 nitrogen and oxygen atoms in total. The Morgan fingerprint density at radius 2 is 2.00 bits per heavy atom. The summed E-state index contributed by atoms with van der Waals surface area (Å²) in [5, 5.41) is 10.9. The van der Waals surface area contributed by atoms with Crippen molar-refractivity contribution in [3.05, 3.63) is 0 Å². The Balaban J connectivity index is 4.22. The normalized spacial score (nSPS) is 14.9. The van der Waals surface area contributed by atoms with E-state index in [-0.39, 0.29) is 5.91 Å². The molecule has 70 valence electrons. The van der Waals surface area contributed by atoms with Crippen molar-refractivity contribution < 1.29 is 19.4 Å². The predicted molar refractivity (Wildman–Crippen MR) is 41.7 cm³/mol. The lowest BCUT2D eigenvalue weighted by Crippen LogP contribution is -2.47. The summed E-state index contributed by atoms with van der Waals surface area (Å²) < 4.78 is 4.78. The zero-order chi connectivity index (χ0) is 9.72. The Morgan fingerprint density at radius 1 is 1.50 bits per heavy atom. The van der Waals surface area contributed by atoms with Crippen LogP contribution in [-0.2, 0) is 14.3 Å². The number of carbonyl (C=O) groups excluding carboxylic acids is 1. The number of carbonyl (C=O) groups is 2. The van der Waals surface area contributed by atoms with Crippen LogP contribution in [0.15, 0.2) is 0 Å². The Kier molecular flexibility index (Phi) is 4.28. The zero-order valence-electron chi connectivity index (χ0n) is 7.33. The molecule has 0 saturated heterocycles. The maximum Gasteiger partial charge on any atom is 0.328 e. The van der Waals surface area contributed by atoms with E-state index in [1.54, 1.807) is 6.92 Å². The summed E-state index contributed by atoms with van der Waals surface area (Å²) in [4.78, 5) is 21.1. The number of carboxylic acid groups (broad SMARTS) is 1. The van der Waals surface area contributed by atoms with Gasteiger partial charge in [0.1, 0.15) is 0 Å². The molecule has 0 aliphatic rings. The van der Waals surface area contributed by atoms with Crippen LogP contribution in [0.2, 0.25) is 0 Å². The molecule has 0 unspecified atom stereocenters. The third kappa shape index (κ3) is 3.34. The van der Waals surface area contributed by atoms with Gasteiger partial charge in [0.15, 0.2) is 6.04 Å². The Hall–Kier alpha value is -1.10. The lowest BCUT2D eigenvalue weighted by molar-refractivity contribution is -0.145. The minimum atomic E-state index is -1.10. The highest BCUT2D eigenvalue weighted by atomic mass is 16.5. The first kappa shape index (κ1) is 10.9. The molecular weight excluding hydrogens is 162 g/mol. The monoisotopic (exact) mass is 175 g/mol. The largest absolute Gasteiger partial charge is 0.480 e. The molecule has 0 heterocycles. The molecule has 0 aliphatic heterocycles. The standard InChI is InChI=1S/C7H13NO4/c1-4(12-3)6(7(10)11)8-5(2)9/h4,6H,1-3H3,(H,8,9)(H,10,11)/t4-,6+/m0/s1. The summed E-state index contributed by atoms with van der Waals surface area (Å²) in [6.07, 6.45) is -0.536. The van der Waals surface area contributed by atoms with E-state index >= 15 is 0 Å². The van der Waals surface area contributed by atoms with E-state index in [2.05, 4.69) is 5.32 Å². The highest BCUT2D eigenvalue weighted by Gasteiger charge is 2.24. The molecule has 0 spiro atoms. The van der Waals surface area contributed by atoms with Gasteiger partial charge in [0.05, 0.1) is 6.10 Å². The average Bonchev–Trinajstić information content (AvgIpc) is 1.98. The number of carboxylic acids is 1. The van der Waals surface area contributed by atoms with Crippen molar-refractivity contribution in [2.45, 2.75) is 26.0 Å². The lowest BCUT2D eigenvalue weighted by Gasteiger charge is -2.18. The van der Waals surface area contributed by atoms with Crippen LogP contribution in [-0.4, -0.2) is 36.2 Å². The van der Waals surface area contributed by atoms with Crippen LogP contribution in [0.3, 0.4) is 0 Å². The van der Waals surface area contributed by atoms with Crippen molar-refractivity contribution in [3.63, 3.8) is 0 Å². The van der Waals surface area contributed by atoms with E-state index in [1.807, 2.05) is 0 Å². The number of amides is 1. The lowest BCUT2D eigenvalue weighted by atomic mass is 10.2. The average molecular weight is 175 g/mol. The summed E-state index contributed by atoms with van der Waals surface area (Å²) in [6.45, 7) is 2.84. The third-order valence-corrected chi connectivity index (χ3v) is 1.47. The highest BCUT2D eigenvalue weighted by molar-refractivity contribution is 5.82. The van der Waals surface area contributed by atoms with Gasteiger partial charge in [0.2, 0.25) is 5.91 Å². The second-order valence-corrected chi connectivity index (χ2v) is 2.46. The number of hydrogen-bond donors (Lipinski definition) is 2. The minimum Gasteiger partial charge on any atom is -0.480 e. The van der Waals surface area contributed by atoms with Gasteiger partial charge >= 0.3 is 5.97 Å². The van der Waals surface area contributed by atoms with Crippen LogP contribution in [0.25, 0.3) is 0 Å². The van der Waals surface area contributed by atoms with E-state index in [1.165, 1.54) is 14.0 Å². The van der Waals surface area contributed by atoms with E-state index in [4.69, 9.17) is 9.84 Å². The second kappa shape index (κ2) is 4.71. The van der Waals surface area contributed by atoms with Crippen LogP contribution < -0.4 is 5.32 Å². The Morgan fingerprint density at radius 3 is 2.25 bits per heavy atom. The molecule has 1 amide bonds. The predicted octanol–water partition coefficient (Wildman–Crippen LogP) is -0.389. The van der Waals surface area contributed by atoms with Crippen molar-refractivity contribution >= 4 is 11.9 Å². The smallest absolute Gasteiger partial charge is 0.328 e. The molecule has 0 saturated carbocycles. The first-order chi connectivity index (χ1) is 5.49. The summed E-state index contributed by atoms with van der Waals surface area (Å²) in [6, 6.07) is -0.979. The van der Waals surface area contributed by atoms with Crippen LogP contribution in [0, 0.1) is 0 Å². The first-order valence-electron chi connectivity index (χ1n) is 3.51. The summed E-state index contributed by atoms with van der Waals surface area (Å²) in [7, 11) is 1.39. The molecule has 0 aromatic rings. The van der Waals surface area contributed by atoms with Crippen LogP contribution >= 0.6 is 0 Å². The van der Waals surface area contributed by atoms with Gasteiger partial charge in [-0.05, 0) is 6.92 Å². The number of rotatable bonds is 4. The van der Waals surface area contributed by atoms with Gasteiger partial charge in [-0.15, -0.1) is 0 Å². The third-order valence-electron chi connectivity index (χ3n) is 1.47. The van der Waals surface area contributed by atoms with Crippen LogP contribution in [0.4, 0.5) is 0 Å². The van der Waals surface area contributed by atoms with E-state index < -0.39 is 18.1 Å². The molecule has 2 N–H and O–H groups in total. The molecule has 0 aromatic heterocycles. The molecule has 12 heavy (non-hydrogen) atoms. The van der Waals surface area contributed by atoms with Crippen LogP contribution in [0.1, 0.15) is 13.8 Å². The number of ether oxygens (including phenoxy) is 1. The fraction of sp³-hybridized carbons (Fsp3) is 0.714. The topological polar surface area (TPSA) is 75.6 Å². The number of aliphatic carboxylic acids is 1. The maximum absolute atomic E-state index is 10.5. The number of methoxy groups -OCH3 is 1. The van der Waals surface area contributed by atoms with Crippen LogP contribution in [0.5, 0.6) is 0 Å². The van der Waals surface area contributed by atoms with Crippen molar-refractivity contribution in [2.24, 2.45) is 0 Å². The van der Waals surface area contributed by atoms with Gasteiger partial charge in [-0.1, -0.05) is 0 Å². The van der Waals surface area contributed by atoms with Crippen molar-refractivity contribution in [2.75, 3.05) is 7.11 Å². The van der Waals surface area contributed by atoms with E-state index in [9.17, 15) is 9.59 Å². The quantitative estimate of drug-likeness (QED) is 0.610. The SMILES string of the molecule is CO[C@@H](C)[C@@H](NC(C)=O)C(=O)O. The van der Waals surface area contributed by atoms with Crippen molar-refractivity contribution in [1.29, 1.82) is 0 Å². The van der Waals surface area contributed by atoms with Crippen molar-refractivity contribution in [1.82, 2.24) is 5.32 Å². The first-order valence-corrected chi connectivity index (χ1v) is 3.51. The molecule has 0 fully saturated rings. The van der Waals surface area contributed by atoms with Gasteiger partial charge in [0, 0.05) is 14.0 Å². The summed E-state index contributed by atoms with van der Waals surface area (Å²) in [5.74, 6) is -1.48. The molecule has 0 aromatic carbocycles. The Bertz CT molecular complexity index is 180. The molecule has 5 heteroatoms. The zero-order valence-corrected chi connectivity index (χ0v) is 7.33. The van der Waals surface area contributed by atoms with E-state index in [0.717, 1.165) is 0 Å². The van der Waals surface area contributed by atoms with Gasteiger partial charge in [-0.3, -0.25) is 4.79 Å². The minimum absolute atomic E-state index is 0.383. The van der Waals surface area contributed by atoms with Gasteiger partial charge in [-0.25, -0.2) is 4.79 Å². The van der Waals surface area contributed by atoms with Gasteiger partial charge in [-0.2, -0.15) is 0 Å². The van der Waals surface area contributed by atoms with Gasteiger partial charge < -0.3 is 15.2 Å². The second-order valence-electron chi connectivity index (χ2n) is 2.46. The summed E-state index contributed by atoms with van der Waals surface area (Å²) in [5.41, 5.74) is 0. The maximum atomic E-state index is 10.5. The fourth-order valence-electron chi connectivity index (χ4n) is 0.735. The molecule has 0 rings (SSSR count). The fourth-order valence-corrected chi connectivity index (χ4v) is 0.735. The molecular formula is C7H13NO4. The summed E-state index contributed by atoms with van der Waals surface area (Å²) >= 11 is 0. The molecule has 0 bridgehead atoms.